The molecule has 1 unspecified atom stereocenters. The third kappa shape index (κ3) is 1.74. The summed E-state index contributed by atoms with van der Waals surface area (Å²) in [5, 5.41) is 19.0. The van der Waals surface area contributed by atoms with Gasteiger partial charge in [-0.3, -0.25) is 0 Å². The Morgan fingerprint density at radius 1 is 1.90 bits per heavy atom. The Morgan fingerprint density at radius 3 is 3.20 bits per heavy atom. The van der Waals surface area contributed by atoms with Gasteiger partial charge in [-0.25, -0.2) is 0 Å². The van der Waals surface area contributed by atoms with Crippen molar-refractivity contribution in [3.8, 4) is 6.07 Å². The molecule has 0 aliphatic rings. The van der Waals surface area contributed by atoms with E-state index in [2.05, 4.69) is 21.5 Å². The van der Waals surface area contributed by atoms with Crippen LogP contribution in [0.2, 0.25) is 0 Å². The Hall–Kier alpha value is -1.02. The number of thioether (sulfide) groups is 1. The van der Waals surface area contributed by atoms with Crippen LogP contribution in [0.25, 0.3) is 0 Å². The van der Waals surface area contributed by atoms with Crippen LogP contribution < -0.4 is 0 Å². The van der Waals surface area contributed by atoms with E-state index in [1.54, 1.807) is 6.20 Å². The Labute approximate surface area is 62.6 Å². The van der Waals surface area contributed by atoms with Gasteiger partial charge in [0, 0.05) is 0 Å². The van der Waals surface area contributed by atoms with Crippen molar-refractivity contribution in [2.75, 3.05) is 0 Å². The molecule has 1 heterocycles. The van der Waals surface area contributed by atoms with Gasteiger partial charge in [0.2, 0.25) is 0 Å². The maximum Gasteiger partial charge on any atom is 0.139 e. The van der Waals surface area contributed by atoms with Crippen molar-refractivity contribution in [2.45, 2.75) is 17.2 Å². The Kier molecular flexibility index (Phi) is 2.29. The largest absolute Gasteiger partial charge is 0.197 e. The summed E-state index contributed by atoms with van der Waals surface area (Å²) in [4.78, 5) is 0. The molecular formula is C5H6N4S. The van der Waals surface area contributed by atoms with Crippen molar-refractivity contribution in [2.24, 2.45) is 0 Å². The monoisotopic (exact) mass is 154 g/mol. The fraction of sp³-hybridized carbons (Fsp3) is 0.400. The molecule has 1 aromatic rings. The van der Waals surface area contributed by atoms with E-state index in [0.29, 0.717) is 0 Å². The van der Waals surface area contributed by atoms with Crippen LogP contribution in [0.1, 0.15) is 6.92 Å². The first kappa shape index (κ1) is 7.09. The summed E-state index contributed by atoms with van der Waals surface area (Å²) in [6, 6.07) is 2.08. The normalized spacial score (nSPS) is 12.4. The molecule has 0 bridgehead atoms. The van der Waals surface area contributed by atoms with Crippen LogP contribution >= 0.6 is 11.8 Å². The molecule has 0 saturated carbocycles. The van der Waals surface area contributed by atoms with Gasteiger partial charge in [-0.15, -0.1) is 5.10 Å². The Bertz CT molecular complexity index is 224. The average Bonchev–Trinajstić information content (AvgIpc) is 2.40. The highest BCUT2D eigenvalue weighted by atomic mass is 32.2. The first-order valence-electron chi connectivity index (χ1n) is 2.75. The van der Waals surface area contributed by atoms with Crippen LogP contribution in [0, 0.1) is 11.3 Å². The minimum atomic E-state index is -0.0647. The van der Waals surface area contributed by atoms with Gasteiger partial charge in [-0.2, -0.15) is 15.6 Å². The molecule has 5 heteroatoms. The van der Waals surface area contributed by atoms with E-state index in [1.165, 1.54) is 11.8 Å². The second kappa shape index (κ2) is 3.22. The maximum absolute atomic E-state index is 8.40. The third-order valence-corrected chi connectivity index (χ3v) is 1.77. The summed E-state index contributed by atoms with van der Waals surface area (Å²) in [5.74, 6) is 0. The molecule has 1 rings (SSSR count). The van der Waals surface area contributed by atoms with Crippen molar-refractivity contribution in [3.63, 3.8) is 0 Å². The summed E-state index contributed by atoms with van der Waals surface area (Å²) in [7, 11) is 0. The van der Waals surface area contributed by atoms with E-state index in [0.717, 1.165) is 5.03 Å². The average molecular weight is 154 g/mol. The molecule has 0 aromatic carbocycles. The molecule has 0 aliphatic heterocycles. The highest BCUT2D eigenvalue weighted by Crippen LogP contribution is 2.17. The van der Waals surface area contributed by atoms with E-state index in [1.807, 2.05) is 6.92 Å². The SMILES string of the molecule is CC(C#N)Sc1cn[nH]n1. The van der Waals surface area contributed by atoms with Gasteiger partial charge < -0.3 is 0 Å². The number of aromatic nitrogens is 3. The summed E-state index contributed by atoms with van der Waals surface area (Å²) in [6.45, 7) is 1.82. The van der Waals surface area contributed by atoms with Crippen LogP contribution in [0.3, 0.4) is 0 Å². The Morgan fingerprint density at radius 2 is 2.70 bits per heavy atom. The lowest BCUT2D eigenvalue weighted by molar-refractivity contribution is 0.910. The lowest BCUT2D eigenvalue weighted by Gasteiger charge is -1.93. The van der Waals surface area contributed by atoms with Gasteiger partial charge in [-0.1, -0.05) is 11.8 Å². The third-order valence-electron chi connectivity index (χ3n) is 0.872. The number of hydrogen-bond acceptors (Lipinski definition) is 4. The van der Waals surface area contributed by atoms with Crippen molar-refractivity contribution in [3.05, 3.63) is 6.20 Å². The number of H-pyrrole nitrogens is 1. The second-order valence-electron chi connectivity index (χ2n) is 1.70. The molecule has 0 radical (unpaired) electrons. The minimum absolute atomic E-state index is 0.0647. The van der Waals surface area contributed by atoms with E-state index in [-0.39, 0.29) is 5.25 Å². The zero-order valence-electron chi connectivity index (χ0n) is 5.40. The molecular weight excluding hydrogens is 148 g/mol. The summed E-state index contributed by atoms with van der Waals surface area (Å²) in [5.41, 5.74) is 0. The number of nitrogens with one attached hydrogen (secondary N) is 1. The number of nitriles is 1. The number of hydrogen-bond donors (Lipinski definition) is 1. The van der Waals surface area contributed by atoms with Gasteiger partial charge in [-0.05, 0) is 6.92 Å². The lowest BCUT2D eigenvalue weighted by Crippen LogP contribution is -1.88. The first-order chi connectivity index (χ1) is 4.83. The first-order valence-corrected chi connectivity index (χ1v) is 3.63. The van der Waals surface area contributed by atoms with Gasteiger partial charge in [0.25, 0.3) is 0 Å². The fourth-order valence-corrected chi connectivity index (χ4v) is 1.08. The smallest absolute Gasteiger partial charge is 0.139 e. The molecule has 1 atom stereocenters. The number of aromatic amines is 1. The van der Waals surface area contributed by atoms with Crippen LogP contribution in [-0.2, 0) is 0 Å². The number of rotatable bonds is 2. The topological polar surface area (TPSA) is 65.4 Å². The van der Waals surface area contributed by atoms with Crippen LogP contribution in [0.4, 0.5) is 0 Å². The second-order valence-corrected chi connectivity index (χ2v) is 3.06. The molecule has 0 spiro atoms. The standard InChI is InChI=1S/C5H6N4S/c1-4(2-6)10-5-3-7-9-8-5/h3-4H,1H3,(H,7,8,9). The zero-order chi connectivity index (χ0) is 7.40. The van der Waals surface area contributed by atoms with E-state index in [4.69, 9.17) is 5.26 Å². The predicted octanol–water partition coefficient (Wildman–Crippen LogP) is 0.809. The van der Waals surface area contributed by atoms with Crippen LogP contribution in [0.5, 0.6) is 0 Å². The lowest BCUT2D eigenvalue weighted by atomic mass is 10.5. The molecule has 1 aromatic heterocycles. The molecule has 10 heavy (non-hydrogen) atoms. The van der Waals surface area contributed by atoms with E-state index < -0.39 is 0 Å². The number of nitrogens with zero attached hydrogens (tertiary/aromatic N) is 3. The van der Waals surface area contributed by atoms with Crippen molar-refractivity contribution >= 4 is 11.8 Å². The molecule has 1 N–H and O–H groups in total. The fourth-order valence-electron chi connectivity index (χ4n) is 0.455. The summed E-state index contributed by atoms with van der Waals surface area (Å²) < 4.78 is 0. The Balaban J connectivity index is 2.50. The van der Waals surface area contributed by atoms with Gasteiger partial charge in [0.15, 0.2) is 0 Å². The molecule has 52 valence electrons. The van der Waals surface area contributed by atoms with E-state index >= 15 is 0 Å². The summed E-state index contributed by atoms with van der Waals surface area (Å²) >= 11 is 1.38. The van der Waals surface area contributed by atoms with Gasteiger partial charge >= 0.3 is 0 Å². The van der Waals surface area contributed by atoms with Crippen LogP contribution in [0.15, 0.2) is 11.2 Å². The quantitative estimate of drug-likeness (QED) is 0.640. The molecule has 4 nitrogen and oxygen atoms in total. The highest BCUT2D eigenvalue weighted by molar-refractivity contribution is 8.00. The van der Waals surface area contributed by atoms with Gasteiger partial charge in [0.05, 0.1) is 17.5 Å². The van der Waals surface area contributed by atoms with Crippen molar-refractivity contribution in [1.82, 2.24) is 15.4 Å². The van der Waals surface area contributed by atoms with E-state index in [9.17, 15) is 0 Å². The van der Waals surface area contributed by atoms with Crippen LogP contribution in [-0.4, -0.2) is 20.7 Å². The zero-order valence-corrected chi connectivity index (χ0v) is 6.22. The highest BCUT2D eigenvalue weighted by Gasteiger charge is 2.03. The maximum atomic E-state index is 8.40. The van der Waals surface area contributed by atoms with Gasteiger partial charge in [0.1, 0.15) is 5.03 Å². The predicted molar refractivity (Wildman–Crippen MR) is 37.3 cm³/mol. The summed E-state index contributed by atoms with van der Waals surface area (Å²) in [6.07, 6.45) is 1.60. The van der Waals surface area contributed by atoms with Crippen molar-refractivity contribution < 1.29 is 0 Å². The minimum Gasteiger partial charge on any atom is -0.197 e. The molecule has 0 amide bonds. The molecule has 0 fully saturated rings. The van der Waals surface area contributed by atoms with Crippen molar-refractivity contribution in [1.29, 1.82) is 5.26 Å². The molecule has 0 saturated heterocycles. The molecule has 0 aliphatic carbocycles.